The predicted octanol–water partition coefficient (Wildman–Crippen LogP) is 2.86. The van der Waals surface area contributed by atoms with Crippen LogP contribution in [0.1, 0.15) is 36.1 Å². The minimum atomic E-state index is -0.844. The molecule has 8 heteroatoms. The van der Waals surface area contributed by atoms with Crippen LogP contribution in [0.2, 0.25) is 0 Å². The van der Waals surface area contributed by atoms with Gasteiger partial charge in [0.05, 0.1) is 6.54 Å². The normalized spacial score (nSPS) is 24.7. The molecule has 2 aliphatic heterocycles. The van der Waals surface area contributed by atoms with Crippen molar-refractivity contribution in [2.45, 2.75) is 43.6 Å². The van der Waals surface area contributed by atoms with Gasteiger partial charge in [0.25, 0.3) is 0 Å². The number of urea groups is 1. The van der Waals surface area contributed by atoms with Gasteiger partial charge in [0.2, 0.25) is 5.91 Å². The van der Waals surface area contributed by atoms with Crippen LogP contribution in [0.5, 0.6) is 0 Å². The molecule has 5 rings (SSSR count). The molecule has 3 N–H and O–H groups in total. The van der Waals surface area contributed by atoms with Crippen molar-refractivity contribution >= 4 is 34.1 Å². The molecule has 29 heavy (non-hydrogen) atoms. The summed E-state index contributed by atoms with van der Waals surface area (Å²) >= 11 is 1.67. The Morgan fingerprint density at radius 1 is 1.28 bits per heavy atom. The van der Waals surface area contributed by atoms with Crippen molar-refractivity contribution in [2.75, 3.05) is 29.9 Å². The van der Waals surface area contributed by atoms with Gasteiger partial charge in [-0.1, -0.05) is 12.1 Å². The first-order valence-electron chi connectivity index (χ1n) is 10.1. The molecule has 0 unspecified atom stereocenters. The Kier molecular flexibility index (Phi) is 4.10. The molecule has 2 aromatic rings. The Morgan fingerprint density at radius 2 is 2.03 bits per heavy atom. The number of nitrogens with zero attached hydrogens (tertiary/aromatic N) is 3. The largest absolute Gasteiger partial charge is 0.368 e. The number of hydrogen-bond donors (Lipinski definition) is 2. The topological polar surface area (TPSA) is 91.6 Å². The zero-order valence-corrected chi connectivity index (χ0v) is 17.3. The summed E-state index contributed by atoms with van der Waals surface area (Å²) in [4.78, 5) is 33.9. The summed E-state index contributed by atoms with van der Waals surface area (Å²) < 4.78 is 0. The van der Waals surface area contributed by atoms with Crippen molar-refractivity contribution in [2.24, 2.45) is 5.73 Å². The van der Waals surface area contributed by atoms with Crippen LogP contribution < -0.4 is 16.0 Å². The number of primary amides is 1. The molecule has 1 aromatic carbocycles. The second-order valence-electron chi connectivity index (χ2n) is 8.48. The van der Waals surface area contributed by atoms with Crippen LogP contribution in [0.15, 0.2) is 30.5 Å². The number of hydrogen-bond acceptors (Lipinski definition) is 5. The summed E-state index contributed by atoms with van der Waals surface area (Å²) in [5.41, 5.74) is 7.08. The van der Waals surface area contributed by atoms with Gasteiger partial charge in [0.15, 0.2) is 5.13 Å². The lowest BCUT2D eigenvalue weighted by atomic mass is 9.95. The van der Waals surface area contributed by atoms with Gasteiger partial charge in [-0.05, 0) is 50.3 Å². The van der Waals surface area contributed by atoms with Crippen molar-refractivity contribution in [3.05, 3.63) is 40.9 Å². The average Bonchev–Trinajstić information content (AvgIpc) is 3.05. The number of nitrogens with two attached hydrogens (primary N) is 1. The number of carbonyl (C=O) groups excluding carboxylic acids is 2. The van der Waals surface area contributed by atoms with E-state index in [2.05, 4.69) is 29.4 Å². The van der Waals surface area contributed by atoms with Gasteiger partial charge in [-0.15, -0.1) is 11.3 Å². The highest BCUT2D eigenvalue weighted by Crippen LogP contribution is 2.49. The van der Waals surface area contributed by atoms with Crippen molar-refractivity contribution in [1.82, 2.24) is 9.88 Å². The number of rotatable bonds is 6. The number of aromatic nitrogens is 1. The first-order valence-corrected chi connectivity index (χ1v) is 10.9. The highest BCUT2D eigenvalue weighted by molar-refractivity contribution is 7.15. The molecule has 1 aromatic heterocycles. The monoisotopic (exact) mass is 411 g/mol. The van der Waals surface area contributed by atoms with Gasteiger partial charge < -0.3 is 16.0 Å². The fraction of sp³-hybridized carbons (Fsp3) is 0.476. The smallest absolute Gasteiger partial charge is 0.325 e. The van der Waals surface area contributed by atoms with Gasteiger partial charge in [-0.3, -0.25) is 9.69 Å². The highest BCUT2D eigenvalue weighted by Gasteiger charge is 2.56. The second-order valence-corrected chi connectivity index (χ2v) is 9.71. The Labute approximate surface area is 173 Å². The number of amides is 3. The number of thiazole rings is 1. The third-order valence-corrected chi connectivity index (χ3v) is 7.54. The van der Waals surface area contributed by atoms with Crippen LogP contribution in [0.3, 0.4) is 0 Å². The molecule has 3 fully saturated rings. The van der Waals surface area contributed by atoms with Gasteiger partial charge in [0, 0.05) is 35.3 Å². The van der Waals surface area contributed by atoms with Crippen LogP contribution in [0.25, 0.3) is 0 Å². The van der Waals surface area contributed by atoms with E-state index < -0.39 is 11.4 Å². The summed E-state index contributed by atoms with van der Waals surface area (Å²) in [5, 5.41) is 4.44. The first kappa shape index (κ1) is 18.4. The summed E-state index contributed by atoms with van der Waals surface area (Å²) in [5.74, 6) is -0.400. The fourth-order valence-electron chi connectivity index (χ4n) is 4.73. The Morgan fingerprint density at radius 3 is 2.62 bits per heavy atom. The van der Waals surface area contributed by atoms with E-state index in [1.807, 2.05) is 18.3 Å². The zero-order chi connectivity index (χ0) is 20.2. The molecule has 7 nitrogen and oxygen atoms in total. The number of aryl methyl sites for hydroxylation is 1. The number of benzene rings is 1. The SMILES string of the molecule is Cc1cnc(NCC2(c3ccc(N4C[C@@]5(C(N)=O)CCCN5C4=O)cc3)CC2)s1. The molecular weight excluding hydrogens is 386 g/mol. The summed E-state index contributed by atoms with van der Waals surface area (Å²) in [6.45, 7) is 3.86. The van der Waals surface area contributed by atoms with Gasteiger partial charge in [-0.2, -0.15) is 0 Å². The Hall–Kier alpha value is -2.61. The van der Waals surface area contributed by atoms with Crippen LogP contribution in [0.4, 0.5) is 15.6 Å². The third kappa shape index (κ3) is 2.88. The molecule has 0 bridgehead atoms. The first-order chi connectivity index (χ1) is 13.9. The Bertz CT molecular complexity index is 968. The molecule has 1 saturated carbocycles. The minimum Gasteiger partial charge on any atom is -0.368 e. The predicted molar refractivity (Wildman–Crippen MR) is 113 cm³/mol. The molecule has 1 atom stereocenters. The molecule has 3 amide bonds. The van der Waals surface area contributed by atoms with E-state index >= 15 is 0 Å². The standard InChI is InChI=1S/C21H25N5O2S/c1-14-11-23-18(29-14)24-12-20(8-9-20)15-3-5-16(6-4-15)25-13-21(17(22)27)7-2-10-26(21)19(25)28/h3-6,11H,2,7-10,12-13H2,1H3,(H2,22,27)(H,23,24)/t21-/m1/s1. The van der Waals surface area contributed by atoms with E-state index in [9.17, 15) is 9.59 Å². The zero-order valence-electron chi connectivity index (χ0n) is 16.5. The van der Waals surface area contributed by atoms with Crippen molar-refractivity contribution in [1.29, 1.82) is 0 Å². The number of fused-ring (bicyclic) bond motifs is 1. The summed E-state index contributed by atoms with van der Waals surface area (Å²) in [7, 11) is 0. The van der Waals surface area contributed by atoms with Gasteiger partial charge >= 0.3 is 6.03 Å². The maximum atomic E-state index is 12.9. The summed E-state index contributed by atoms with van der Waals surface area (Å²) in [6, 6.07) is 8.11. The van der Waals surface area contributed by atoms with E-state index in [0.29, 0.717) is 19.5 Å². The second kappa shape index (κ2) is 6.45. The molecule has 3 heterocycles. The maximum absolute atomic E-state index is 12.9. The van der Waals surface area contributed by atoms with E-state index in [1.165, 1.54) is 10.4 Å². The molecule has 0 radical (unpaired) electrons. The van der Waals surface area contributed by atoms with Crippen LogP contribution in [-0.2, 0) is 10.2 Å². The molecule has 2 saturated heterocycles. The van der Waals surface area contributed by atoms with Gasteiger partial charge in [-0.25, -0.2) is 9.78 Å². The molecule has 0 spiro atoms. The Balaban J connectivity index is 1.32. The number of anilines is 2. The van der Waals surface area contributed by atoms with E-state index in [-0.39, 0.29) is 11.4 Å². The van der Waals surface area contributed by atoms with Crippen molar-refractivity contribution in [3.63, 3.8) is 0 Å². The lowest BCUT2D eigenvalue weighted by Gasteiger charge is -2.25. The minimum absolute atomic E-state index is 0.115. The lowest BCUT2D eigenvalue weighted by Crippen LogP contribution is -2.52. The van der Waals surface area contributed by atoms with Gasteiger partial charge in [0.1, 0.15) is 5.54 Å². The van der Waals surface area contributed by atoms with Crippen molar-refractivity contribution < 1.29 is 9.59 Å². The van der Waals surface area contributed by atoms with Crippen LogP contribution in [0, 0.1) is 6.92 Å². The number of carbonyl (C=O) groups is 2. The van der Waals surface area contributed by atoms with E-state index in [1.54, 1.807) is 21.1 Å². The molecule has 1 aliphatic carbocycles. The van der Waals surface area contributed by atoms with E-state index in [4.69, 9.17) is 5.73 Å². The lowest BCUT2D eigenvalue weighted by molar-refractivity contribution is -0.125. The quantitative estimate of drug-likeness (QED) is 0.765. The van der Waals surface area contributed by atoms with E-state index in [0.717, 1.165) is 36.6 Å². The molecular formula is C21H25N5O2S. The van der Waals surface area contributed by atoms with Crippen molar-refractivity contribution in [3.8, 4) is 0 Å². The maximum Gasteiger partial charge on any atom is 0.325 e. The molecule has 152 valence electrons. The van der Waals surface area contributed by atoms with Crippen LogP contribution in [-0.4, -0.2) is 47.0 Å². The average molecular weight is 412 g/mol. The molecule has 3 aliphatic rings. The fourth-order valence-corrected chi connectivity index (χ4v) is 5.39. The third-order valence-electron chi connectivity index (χ3n) is 6.67. The summed E-state index contributed by atoms with van der Waals surface area (Å²) in [6.07, 6.45) is 5.65. The number of nitrogens with one attached hydrogen (secondary N) is 1. The van der Waals surface area contributed by atoms with Crippen LogP contribution >= 0.6 is 11.3 Å². The highest BCUT2D eigenvalue weighted by atomic mass is 32.1.